The van der Waals surface area contributed by atoms with Crippen LogP contribution in [0.3, 0.4) is 0 Å². The van der Waals surface area contributed by atoms with E-state index in [0.29, 0.717) is 12.0 Å². The Bertz CT molecular complexity index is 497. The second kappa shape index (κ2) is 5.86. The molecule has 2 aliphatic rings. The van der Waals surface area contributed by atoms with E-state index in [1.165, 1.54) is 5.56 Å². The Balaban J connectivity index is 1.53. The first kappa shape index (κ1) is 14.1. The van der Waals surface area contributed by atoms with Crippen molar-refractivity contribution >= 4 is 21.8 Å². The zero-order chi connectivity index (χ0) is 14.1. The van der Waals surface area contributed by atoms with Gasteiger partial charge in [-0.1, -0.05) is 28.1 Å². The van der Waals surface area contributed by atoms with Crippen molar-refractivity contribution in [1.82, 2.24) is 10.2 Å². The first-order valence-electron chi connectivity index (χ1n) is 7.38. The van der Waals surface area contributed by atoms with Crippen molar-refractivity contribution in [1.29, 1.82) is 0 Å². The summed E-state index contributed by atoms with van der Waals surface area (Å²) in [6.45, 7) is 2.18. The summed E-state index contributed by atoms with van der Waals surface area (Å²) in [7, 11) is 2.14. The van der Waals surface area contributed by atoms with Gasteiger partial charge in [-0.25, -0.2) is 0 Å². The van der Waals surface area contributed by atoms with Crippen molar-refractivity contribution in [3.05, 3.63) is 34.3 Å². The molecule has 1 aliphatic carbocycles. The van der Waals surface area contributed by atoms with E-state index in [0.717, 1.165) is 36.8 Å². The highest BCUT2D eigenvalue weighted by molar-refractivity contribution is 9.10. The van der Waals surface area contributed by atoms with Gasteiger partial charge in [-0.15, -0.1) is 0 Å². The number of nitrogens with zero attached hydrogens (tertiary/aromatic N) is 1. The maximum Gasteiger partial charge on any atom is 0.223 e. The average Bonchev–Trinajstić information content (AvgIpc) is 3.22. The summed E-state index contributed by atoms with van der Waals surface area (Å²) in [5.74, 6) is 0.854. The molecule has 0 spiro atoms. The summed E-state index contributed by atoms with van der Waals surface area (Å²) in [4.78, 5) is 14.6. The van der Waals surface area contributed by atoms with Crippen LogP contribution in [0.4, 0.5) is 0 Å². The Kier molecular flexibility index (Phi) is 4.13. The molecular weight excluding hydrogens is 316 g/mol. The zero-order valence-corrected chi connectivity index (χ0v) is 13.4. The number of carbonyl (C=O) groups is 1. The molecule has 20 heavy (non-hydrogen) atoms. The highest BCUT2D eigenvalue weighted by Crippen LogP contribution is 2.48. The van der Waals surface area contributed by atoms with E-state index in [9.17, 15) is 4.79 Å². The molecule has 1 heterocycles. The van der Waals surface area contributed by atoms with Crippen molar-refractivity contribution in [2.75, 3.05) is 20.1 Å². The predicted octanol–water partition coefficient (Wildman–Crippen LogP) is 2.76. The highest BCUT2D eigenvalue weighted by atomic mass is 79.9. The molecule has 0 radical (unpaired) electrons. The van der Waals surface area contributed by atoms with Gasteiger partial charge in [0.2, 0.25) is 5.91 Å². The molecule has 108 valence electrons. The van der Waals surface area contributed by atoms with Gasteiger partial charge in [0.05, 0.1) is 0 Å². The summed E-state index contributed by atoms with van der Waals surface area (Å²) in [5, 5.41) is 3.24. The third kappa shape index (κ3) is 3.23. The molecule has 4 heteroatoms. The highest BCUT2D eigenvalue weighted by Gasteiger charge is 2.44. The number of halogens is 1. The number of rotatable bonds is 3. The Hall–Kier alpha value is -0.870. The third-order valence-corrected chi connectivity index (χ3v) is 4.96. The summed E-state index contributed by atoms with van der Waals surface area (Å²) in [5.41, 5.74) is 1.28. The molecular formula is C16H21BrN2O. The largest absolute Gasteiger partial charge is 0.353 e. The van der Waals surface area contributed by atoms with E-state index in [1.54, 1.807) is 0 Å². The number of hydrogen-bond acceptors (Lipinski definition) is 2. The fourth-order valence-electron chi connectivity index (χ4n) is 3.05. The summed E-state index contributed by atoms with van der Waals surface area (Å²) >= 11 is 3.50. The summed E-state index contributed by atoms with van der Waals surface area (Å²) in [6, 6.07) is 8.71. The molecule has 2 atom stereocenters. The average molecular weight is 337 g/mol. The number of hydrogen-bond donors (Lipinski definition) is 1. The third-order valence-electron chi connectivity index (χ3n) is 4.47. The second-order valence-electron chi connectivity index (χ2n) is 6.09. The van der Waals surface area contributed by atoms with Gasteiger partial charge in [-0.2, -0.15) is 0 Å². The van der Waals surface area contributed by atoms with Crippen molar-refractivity contribution in [3.8, 4) is 0 Å². The van der Waals surface area contributed by atoms with Gasteiger partial charge in [-0.05, 0) is 63.0 Å². The first-order chi connectivity index (χ1) is 9.63. The van der Waals surface area contributed by atoms with E-state index in [1.807, 2.05) is 12.1 Å². The number of likely N-dealkylation sites (tertiary alicyclic amines) is 1. The topological polar surface area (TPSA) is 32.3 Å². The van der Waals surface area contributed by atoms with Crippen LogP contribution in [0.15, 0.2) is 28.7 Å². The van der Waals surface area contributed by atoms with Crippen LogP contribution in [-0.4, -0.2) is 37.0 Å². The maximum atomic E-state index is 12.3. The SMILES string of the molecule is CN1CCC(NC(=O)C2CC2c2cccc(Br)c2)CC1. The fourth-order valence-corrected chi connectivity index (χ4v) is 3.47. The molecule has 0 aromatic heterocycles. The van der Waals surface area contributed by atoms with Gasteiger partial charge in [0.15, 0.2) is 0 Å². The fraction of sp³-hybridized carbons (Fsp3) is 0.562. The van der Waals surface area contributed by atoms with Crippen LogP contribution in [-0.2, 0) is 4.79 Å². The van der Waals surface area contributed by atoms with Gasteiger partial charge in [0.25, 0.3) is 0 Å². The molecule has 2 fully saturated rings. The van der Waals surface area contributed by atoms with E-state index in [4.69, 9.17) is 0 Å². The minimum Gasteiger partial charge on any atom is -0.353 e. The van der Waals surface area contributed by atoms with Crippen LogP contribution < -0.4 is 5.32 Å². The zero-order valence-electron chi connectivity index (χ0n) is 11.8. The number of nitrogens with one attached hydrogen (secondary N) is 1. The maximum absolute atomic E-state index is 12.3. The summed E-state index contributed by atoms with van der Waals surface area (Å²) < 4.78 is 1.09. The molecule has 1 aromatic rings. The van der Waals surface area contributed by atoms with Gasteiger partial charge in [0, 0.05) is 16.4 Å². The second-order valence-corrected chi connectivity index (χ2v) is 7.01. The van der Waals surface area contributed by atoms with Crippen molar-refractivity contribution < 1.29 is 4.79 Å². The normalized spacial score (nSPS) is 27.3. The van der Waals surface area contributed by atoms with Gasteiger partial charge >= 0.3 is 0 Å². The lowest BCUT2D eigenvalue weighted by atomic mass is 10.0. The van der Waals surface area contributed by atoms with Crippen LogP contribution in [0.25, 0.3) is 0 Å². The van der Waals surface area contributed by atoms with Crippen LogP contribution in [0, 0.1) is 5.92 Å². The minimum atomic E-state index is 0.184. The van der Waals surface area contributed by atoms with E-state index >= 15 is 0 Å². The van der Waals surface area contributed by atoms with Gasteiger partial charge < -0.3 is 10.2 Å². The molecule has 1 amide bonds. The van der Waals surface area contributed by atoms with E-state index in [2.05, 4.69) is 45.3 Å². The Morgan fingerprint density at radius 2 is 2.10 bits per heavy atom. The van der Waals surface area contributed by atoms with Crippen LogP contribution in [0.5, 0.6) is 0 Å². The molecule has 2 unspecified atom stereocenters. The molecule has 1 aliphatic heterocycles. The van der Waals surface area contributed by atoms with Crippen LogP contribution in [0.2, 0.25) is 0 Å². The van der Waals surface area contributed by atoms with Crippen molar-refractivity contribution in [2.24, 2.45) is 5.92 Å². The van der Waals surface area contributed by atoms with Crippen molar-refractivity contribution in [2.45, 2.75) is 31.2 Å². The Morgan fingerprint density at radius 1 is 1.35 bits per heavy atom. The van der Waals surface area contributed by atoms with Crippen LogP contribution >= 0.6 is 15.9 Å². The number of benzene rings is 1. The quantitative estimate of drug-likeness (QED) is 0.920. The smallest absolute Gasteiger partial charge is 0.223 e. The first-order valence-corrected chi connectivity index (χ1v) is 8.17. The lowest BCUT2D eigenvalue weighted by Gasteiger charge is -2.29. The van der Waals surface area contributed by atoms with Gasteiger partial charge in [0.1, 0.15) is 0 Å². The lowest BCUT2D eigenvalue weighted by molar-refractivity contribution is -0.123. The summed E-state index contributed by atoms with van der Waals surface area (Å²) in [6.07, 6.45) is 3.15. The number of piperidine rings is 1. The standard InChI is InChI=1S/C16H21BrN2O/c1-19-7-5-13(6-8-19)18-16(20)15-10-14(15)11-3-2-4-12(17)9-11/h2-4,9,13-15H,5-8,10H2,1H3,(H,18,20). The molecule has 3 nitrogen and oxygen atoms in total. The monoisotopic (exact) mass is 336 g/mol. The Morgan fingerprint density at radius 3 is 2.80 bits per heavy atom. The number of amides is 1. The molecule has 0 bridgehead atoms. The minimum absolute atomic E-state index is 0.184. The lowest BCUT2D eigenvalue weighted by Crippen LogP contribution is -2.44. The number of carbonyl (C=O) groups excluding carboxylic acids is 1. The van der Waals surface area contributed by atoms with Crippen LogP contribution in [0.1, 0.15) is 30.7 Å². The van der Waals surface area contributed by atoms with E-state index < -0.39 is 0 Å². The van der Waals surface area contributed by atoms with E-state index in [-0.39, 0.29) is 11.8 Å². The molecule has 1 aromatic carbocycles. The predicted molar refractivity (Wildman–Crippen MR) is 83.7 cm³/mol. The Labute approximate surface area is 128 Å². The van der Waals surface area contributed by atoms with Crippen molar-refractivity contribution in [3.63, 3.8) is 0 Å². The molecule has 1 saturated carbocycles. The molecule has 1 N–H and O–H groups in total. The molecule has 3 rings (SSSR count). The molecule has 1 saturated heterocycles. The van der Waals surface area contributed by atoms with Gasteiger partial charge in [-0.3, -0.25) is 4.79 Å².